The van der Waals surface area contributed by atoms with Crippen molar-refractivity contribution in [3.05, 3.63) is 378 Å². The van der Waals surface area contributed by atoms with Crippen LogP contribution >= 0.6 is 0 Å². The van der Waals surface area contributed by atoms with Gasteiger partial charge >= 0.3 is 0 Å². The summed E-state index contributed by atoms with van der Waals surface area (Å²) in [4.78, 5) is 15.1. The van der Waals surface area contributed by atoms with Gasteiger partial charge < -0.3 is 0 Å². The molecule has 0 bridgehead atoms. The SMILES string of the molecule is c1ccc(C(=C(c2ccccc2)c2ccc(-c3ccc(C(=C(c4ccccc4)c4ccccc4)c4ccccc4)cc3-c3ccc(-c4cccc(-c5nc(-c6ccccc6)nc(-c6ccccc6)n5)c4)cc3)cc2)c2ccccc2)cc1. The molecule has 82 heavy (non-hydrogen) atoms. The summed E-state index contributed by atoms with van der Waals surface area (Å²) in [5.41, 5.74) is 23.3. The molecule has 0 spiro atoms. The summed E-state index contributed by atoms with van der Waals surface area (Å²) in [7, 11) is 0. The normalized spacial score (nSPS) is 10.9. The van der Waals surface area contributed by atoms with Crippen LogP contribution < -0.4 is 0 Å². The minimum absolute atomic E-state index is 0.619. The van der Waals surface area contributed by atoms with Gasteiger partial charge in [-0.15, -0.1) is 0 Å². The van der Waals surface area contributed by atoms with E-state index in [0.29, 0.717) is 17.5 Å². The first-order valence-electron chi connectivity index (χ1n) is 27.8. The molecule has 3 heteroatoms. The molecule has 0 saturated carbocycles. The van der Waals surface area contributed by atoms with Gasteiger partial charge in [0.1, 0.15) is 0 Å². The number of benzene rings is 12. The number of hydrogen-bond acceptors (Lipinski definition) is 3. The molecule has 0 aliphatic rings. The Kier molecular flexibility index (Phi) is 14.6. The van der Waals surface area contributed by atoms with E-state index in [1.54, 1.807) is 0 Å². The molecular weight excluding hydrogens is 991 g/mol. The van der Waals surface area contributed by atoms with E-state index < -0.39 is 0 Å². The molecule has 3 nitrogen and oxygen atoms in total. The van der Waals surface area contributed by atoms with Crippen LogP contribution in [0.1, 0.15) is 44.5 Å². The van der Waals surface area contributed by atoms with Crippen LogP contribution in [0, 0.1) is 0 Å². The molecule has 0 unspecified atom stereocenters. The van der Waals surface area contributed by atoms with Crippen molar-refractivity contribution in [2.24, 2.45) is 0 Å². The molecule has 0 radical (unpaired) electrons. The fourth-order valence-electron chi connectivity index (χ4n) is 11.1. The van der Waals surface area contributed by atoms with Crippen LogP contribution in [0.5, 0.6) is 0 Å². The Labute approximate surface area is 480 Å². The predicted molar refractivity (Wildman–Crippen MR) is 341 cm³/mol. The Morgan fingerprint density at radius 1 is 0.159 bits per heavy atom. The van der Waals surface area contributed by atoms with Crippen LogP contribution in [0.3, 0.4) is 0 Å². The third kappa shape index (κ3) is 10.8. The molecule has 386 valence electrons. The summed E-state index contributed by atoms with van der Waals surface area (Å²) in [6.45, 7) is 0. The van der Waals surface area contributed by atoms with E-state index in [0.717, 1.165) is 100 Å². The molecule has 0 fully saturated rings. The lowest BCUT2D eigenvalue weighted by molar-refractivity contribution is 1.07. The molecule has 0 aliphatic heterocycles. The maximum Gasteiger partial charge on any atom is 0.164 e. The van der Waals surface area contributed by atoms with Gasteiger partial charge in [-0.2, -0.15) is 0 Å². The molecule has 12 aromatic carbocycles. The summed E-state index contributed by atoms with van der Waals surface area (Å²) in [6, 6.07) is 119. The van der Waals surface area contributed by atoms with Crippen LogP contribution in [0.2, 0.25) is 0 Å². The van der Waals surface area contributed by atoms with Gasteiger partial charge in [-0.25, -0.2) is 15.0 Å². The van der Waals surface area contributed by atoms with Crippen LogP contribution in [-0.4, -0.2) is 15.0 Å². The van der Waals surface area contributed by atoms with E-state index in [1.165, 1.54) is 16.7 Å². The van der Waals surface area contributed by atoms with E-state index in [-0.39, 0.29) is 0 Å². The minimum Gasteiger partial charge on any atom is -0.208 e. The molecule has 1 aromatic heterocycles. The van der Waals surface area contributed by atoms with E-state index in [1.807, 2.05) is 60.7 Å². The third-order valence-corrected chi connectivity index (χ3v) is 15.0. The van der Waals surface area contributed by atoms with E-state index in [2.05, 4.69) is 273 Å². The van der Waals surface area contributed by atoms with Crippen molar-refractivity contribution in [3.63, 3.8) is 0 Å². The summed E-state index contributed by atoms with van der Waals surface area (Å²) >= 11 is 0. The highest BCUT2D eigenvalue weighted by atomic mass is 15.0. The highest BCUT2D eigenvalue weighted by Gasteiger charge is 2.21. The van der Waals surface area contributed by atoms with Gasteiger partial charge in [0.05, 0.1) is 0 Å². The molecular formula is C79H55N3. The number of nitrogens with zero attached hydrogens (tertiary/aromatic N) is 3. The summed E-state index contributed by atoms with van der Waals surface area (Å²) < 4.78 is 0. The quantitative estimate of drug-likeness (QED) is 0.102. The Hall–Kier alpha value is -10.9. The Morgan fingerprint density at radius 3 is 0.817 bits per heavy atom. The number of rotatable bonds is 14. The van der Waals surface area contributed by atoms with Gasteiger partial charge in [0, 0.05) is 16.7 Å². The lowest BCUT2D eigenvalue weighted by Gasteiger charge is -2.21. The first-order valence-corrected chi connectivity index (χ1v) is 27.8. The summed E-state index contributed by atoms with van der Waals surface area (Å²) in [5.74, 6) is 1.89. The van der Waals surface area contributed by atoms with Crippen LogP contribution in [0.4, 0.5) is 0 Å². The summed E-state index contributed by atoms with van der Waals surface area (Å²) in [5, 5.41) is 0. The molecule has 0 N–H and O–H groups in total. The van der Waals surface area contributed by atoms with Crippen molar-refractivity contribution in [3.8, 4) is 67.5 Å². The van der Waals surface area contributed by atoms with Crippen LogP contribution in [0.25, 0.3) is 89.8 Å². The summed E-state index contributed by atoms with van der Waals surface area (Å²) in [6.07, 6.45) is 0. The standard InChI is InChI=1S/C79H55N3/c1-9-26-59(27-10-1)73(60-28-11-2-12-29-60)75(63-34-17-5-18-35-63)65-50-48-57(49-51-65)71-53-52-69(76(64-36-19-6-20-37-64)74(61-30-13-3-14-31-61)62-32-15-4-16-33-62)55-72(71)58-46-44-56(45-47-58)68-42-25-43-70(54-68)79-81-77(66-38-21-7-22-39-66)80-78(82-79)67-40-23-8-24-41-67/h1-55H. The molecule has 13 rings (SSSR count). The second-order valence-corrected chi connectivity index (χ2v) is 20.2. The monoisotopic (exact) mass is 1050 g/mol. The second-order valence-electron chi connectivity index (χ2n) is 20.2. The topological polar surface area (TPSA) is 38.7 Å². The fourth-order valence-corrected chi connectivity index (χ4v) is 11.1. The lowest BCUT2D eigenvalue weighted by atomic mass is 9.83. The molecule has 13 aromatic rings. The maximum atomic E-state index is 5.06. The smallest absolute Gasteiger partial charge is 0.164 e. The first-order chi connectivity index (χ1) is 40.7. The number of aromatic nitrogens is 3. The van der Waals surface area contributed by atoms with Gasteiger partial charge in [0.25, 0.3) is 0 Å². The van der Waals surface area contributed by atoms with Gasteiger partial charge in [0.15, 0.2) is 17.5 Å². The third-order valence-electron chi connectivity index (χ3n) is 15.0. The van der Waals surface area contributed by atoms with E-state index in [9.17, 15) is 0 Å². The van der Waals surface area contributed by atoms with E-state index >= 15 is 0 Å². The highest BCUT2D eigenvalue weighted by molar-refractivity contribution is 6.07. The second kappa shape index (κ2) is 23.6. The zero-order valence-electron chi connectivity index (χ0n) is 45.1. The molecule has 0 aliphatic carbocycles. The van der Waals surface area contributed by atoms with Crippen LogP contribution in [0.15, 0.2) is 334 Å². The van der Waals surface area contributed by atoms with Crippen molar-refractivity contribution in [1.82, 2.24) is 15.0 Å². The highest BCUT2D eigenvalue weighted by Crippen LogP contribution is 2.43. The van der Waals surface area contributed by atoms with Crippen molar-refractivity contribution in [1.29, 1.82) is 0 Å². The minimum atomic E-state index is 0.619. The average molecular weight is 1050 g/mol. The van der Waals surface area contributed by atoms with Crippen molar-refractivity contribution in [2.75, 3.05) is 0 Å². The van der Waals surface area contributed by atoms with Gasteiger partial charge in [-0.1, -0.05) is 322 Å². The number of hydrogen-bond donors (Lipinski definition) is 0. The van der Waals surface area contributed by atoms with Crippen molar-refractivity contribution in [2.45, 2.75) is 0 Å². The maximum absolute atomic E-state index is 5.06. The Morgan fingerprint density at radius 2 is 0.427 bits per heavy atom. The molecule has 0 atom stereocenters. The van der Waals surface area contributed by atoms with E-state index in [4.69, 9.17) is 15.0 Å². The molecule has 0 amide bonds. The van der Waals surface area contributed by atoms with Crippen molar-refractivity contribution >= 4 is 22.3 Å². The first kappa shape index (κ1) is 50.6. The zero-order chi connectivity index (χ0) is 54.9. The largest absolute Gasteiger partial charge is 0.208 e. The Bertz CT molecular complexity index is 4200. The zero-order valence-corrected chi connectivity index (χ0v) is 45.1. The molecule has 1 heterocycles. The van der Waals surface area contributed by atoms with Gasteiger partial charge in [-0.05, 0) is 112 Å². The van der Waals surface area contributed by atoms with Crippen LogP contribution in [-0.2, 0) is 0 Å². The van der Waals surface area contributed by atoms with Crippen molar-refractivity contribution < 1.29 is 0 Å². The van der Waals surface area contributed by atoms with Gasteiger partial charge in [0.2, 0.25) is 0 Å². The average Bonchev–Trinajstić information content (AvgIpc) is 3.74. The fraction of sp³-hybridized carbons (Fsp3) is 0. The lowest BCUT2D eigenvalue weighted by Crippen LogP contribution is -2.00. The van der Waals surface area contributed by atoms with Gasteiger partial charge in [-0.3, -0.25) is 0 Å². The predicted octanol–water partition coefficient (Wildman–Crippen LogP) is 19.9. The molecule has 0 saturated heterocycles. The Balaban J connectivity index is 0.964.